The Morgan fingerprint density at radius 2 is 2.00 bits per heavy atom. The normalized spacial score (nSPS) is 11.7. The highest BCUT2D eigenvalue weighted by Crippen LogP contribution is 2.16. The number of rotatable bonds is 5. The van der Waals surface area contributed by atoms with Crippen LogP contribution in [0.3, 0.4) is 0 Å². The predicted molar refractivity (Wildman–Crippen MR) is 69.3 cm³/mol. The maximum atomic E-state index is 11.7. The van der Waals surface area contributed by atoms with E-state index >= 15 is 0 Å². The van der Waals surface area contributed by atoms with Gasteiger partial charge in [-0.15, -0.1) is 0 Å². The number of esters is 1. The zero-order valence-corrected chi connectivity index (χ0v) is 10.6. The van der Waals surface area contributed by atoms with Gasteiger partial charge in [0, 0.05) is 0 Å². The zero-order chi connectivity index (χ0) is 13.5. The lowest BCUT2D eigenvalue weighted by molar-refractivity contribution is -0.117. The molecule has 5 nitrogen and oxygen atoms in total. The van der Waals surface area contributed by atoms with Crippen molar-refractivity contribution in [3.8, 4) is 0 Å². The molecule has 5 heteroatoms. The SMILES string of the molecule is CCOC(=O)c1ccccc1NC(=O)[C@H](N)CC. The summed E-state index contributed by atoms with van der Waals surface area (Å²) in [6.45, 7) is 3.84. The molecular weight excluding hydrogens is 232 g/mol. The van der Waals surface area contributed by atoms with Gasteiger partial charge in [-0.1, -0.05) is 19.1 Å². The minimum absolute atomic E-state index is 0.287. The molecule has 1 aromatic carbocycles. The number of nitrogens with one attached hydrogen (secondary N) is 1. The molecule has 0 aromatic heterocycles. The second-order valence-corrected chi connectivity index (χ2v) is 3.77. The second kappa shape index (κ2) is 6.76. The molecule has 0 spiro atoms. The second-order valence-electron chi connectivity index (χ2n) is 3.77. The molecule has 0 heterocycles. The lowest BCUT2D eigenvalue weighted by Gasteiger charge is -2.13. The van der Waals surface area contributed by atoms with Crippen molar-refractivity contribution in [2.75, 3.05) is 11.9 Å². The molecule has 0 aliphatic carbocycles. The highest BCUT2D eigenvalue weighted by atomic mass is 16.5. The molecule has 98 valence electrons. The van der Waals surface area contributed by atoms with Crippen molar-refractivity contribution in [2.24, 2.45) is 5.73 Å². The fourth-order valence-electron chi connectivity index (χ4n) is 1.39. The van der Waals surface area contributed by atoms with Crippen LogP contribution >= 0.6 is 0 Å². The molecule has 0 aliphatic heterocycles. The summed E-state index contributed by atoms with van der Waals surface area (Å²) in [7, 11) is 0. The molecule has 0 unspecified atom stereocenters. The Kier molecular flexibility index (Phi) is 5.32. The highest BCUT2D eigenvalue weighted by molar-refractivity contribution is 6.02. The number of anilines is 1. The van der Waals surface area contributed by atoms with Gasteiger partial charge >= 0.3 is 5.97 Å². The summed E-state index contributed by atoms with van der Waals surface area (Å²) in [6.07, 6.45) is 0.535. The van der Waals surface area contributed by atoms with Crippen molar-refractivity contribution >= 4 is 17.6 Å². The first-order valence-electron chi connectivity index (χ1n) is 5.92. The Morgan fingerprint density at radius 3 is 2.61 bits per heavy atom. The molecule has 0 aliphatic rings. The average molecular weight is 250 g/mol. The third-order valence-electron chi connectivity index (χ3n) is 2.46. The van der Waals surface area contributed by atoms with Crippen molar-refractivity contribution in [3.63, 3.8) is 0 Å². The van der Waals surface area contributed by atoms with Crippen molar-refractivity contribution in [1.82, 2.24) is 0 Å². The number of carbonyl (C=O) groups is 2. The van der Waals surface area contributed by atoms with Gasteiger partial charge in [-0.05, 0) is 25.5 Å². The van der Waals surface area contributed by atoms with E-state index in [0.29, 0.717) is 17.7 Å². The van der Waals surface area contributed by atoms with E-state index in [2.05, 4.69) is 5.32 Å². The van der Waals surface area contributed by atoms with E-state index < -0.39 is 12.0 Å². The number of benzene rings is 1. The molecule has 0 radical (unpaired) electrons. The van der Waals surface area contributed by atoms with Gasteiger partial charge in [0.05, 0.1) is 23.9 Å². The molecule has 1 aromatic rings. The standard InChI is InChI=1S/C13H18N2O3/c1-3-10(14)12(16)15-11-8-6-5-7-9(11)13(17)18-4-2/h5-8,10H,3-4,14H2,1-2H3,(H,15,16)/t10-/m1/s1. The monoisotopic (exact) mass is 250 g/mol. The van der Waals surface area contributed by atoms with Crippen molar-refractivity contribution in [1.29, 1.82) is 0 Å². The highest BCUT2D eigenvalue weighted by Gasteiger charge is 2.16. The minimum atomic E-state index is -0.583. The van der Waals surface area contributed by atoms with E-state index in [9.17, 15) is 9.59 Å². The van der Waals surface area contributed by atoms with Crippen LogP contribution in [0.25, 0.3) is 0 Å². The number of hydrogen-bond donors (Lipinski definition) is 2. The molecule has 1 amide bonds. The third-order valence-corrected chi connectivity index (χ3v) is 2.46. The fraction of sp³-hybridized carbons (Fsp3) is 0.385. The molecule has 0 fully saturated rings. The third kappa shape index (κ3) is 3.56. The van der Waals surface area contributed by atoms with Crippen LogP contribution in [0.1, 0.15) is 30.6 Å². The summed E-state index contributed by atoms with van der Waals surface area (Å²) in [5, 5.41) is 2.64. The van der Waals surface area contributed by atoms with E-state index in [4.69, 9.17) is 10.5 Å². The van der Waals surface area contributed by atoms with Gasteiger partial charge in [0.2, 0.25) is 5.91 Å². The topological polar surface area (TPSA) is 81.4 Å². The first-order valence-corrected chi connectivity index (χ1v) is 5.92. The fourth-order valence-corrected chi connectivity index (χ4v) is 1.39. The molecule has 3 N–H and O–H groups in total. The number of hydrogen-bond acceptors (Lipinski definition) is 4. The largest absolute Gasteiger partial charge is 0.462 e. The van der Waals surface area contributed by atoms with Gasteiger partial charge in [0.1, 0.15) is 0 Å². The van der Waals surface area contributed by atoms with Crippen LogP contribution in [-0.4, -0.2) is 24.5 Å². The summed E-state index contributed by atoms with van der Waals surface area (Å²) in [6, 6.07) is 6.11. The average Bonchev–Trinajstić information content (AvgIpc) is 2.38. The lowest BCUT2D eigenvalue weighted by Crippen LogP contribution is -2.35. The minimum Gasteiger partial charge on any atom is -0.462 e. The molecule has 0 saturated carbocycles. The van der Waals surface area contributed by atoms with Crippen LogP contribution in [0.15, 0.2) is 24.3 Å². The number of nitrogens with two attached hydrogens (primary N) is 1. The van der Waals surface area contributed by atoms with E-state index in [1.807, 2.05) is 6.92 Å². The van der Waals surface area contributed by atoms with Crippen LogP contribution in [0, 0.1) is 0 Å². The number of para-hydroxylation sites is 1. The first kappa shape index (κ1) is 14.2. The van der Waals surface area contributed by atoms with E-state index in [1.165, 1.54) is 0 Å². The Morgan fingerprint density at radius 1 is 1.33 bits per heavy atom. The summed E-state index contributed by atoms with van der Waals surface area (Å²) in [4.78, 5) is 23.4. The lowest BCUT2D eigenvalue weighted by atomic mass is 10.1. The molecule has 18 heavy (non-hydrogen) atoms. The Balaban J connectivity index is 2.89. The van der Waals surface area contributed by atoms with Gasteiger partial charge in [0.25, 0.3) is 0 Å². The number of amides is 1. The van der Waals surface area contributed by atoms with Crippen LogP contribution in [0.5, 0.6) is 0 Å². The Bertz CT molecular complexity index is 432. The smallest absolute Gasteiger partial charge is 0.340 e. The van der Waals surface area contributed by atoms with Gasteiger partial charge in [-0.2, -0.15) is 0 Å². The van der Waals surface area contributed by atoms with Gasteiger partial charge in [0.15, 0.2) is 0 Å². The van der Waals surface area contributed by atoms with E-state index in [0.717, 1.165) is 0 Å². The summed E-state index contributed by atoms with van der Waals surface area (Å²) < 4.78 is 4.92. The van der Waals surface area contributed by atoms with E-state index in [1.54, 1.807) is 31.2 Å². The van der Waals surface area contributed by atoms with Crippen LogP contribution < -0.4 is 11.1 Å². The summed E-state index contributed by atoms with van der Waals surface area (Å²) in [5.41, 5.74) is 6.37. The maximum Gasteiger partial charge on any atom is 0.340 e. The molecular formula is C13H18N2O3. The molecule has 1 atom stereocenters. The van der Waals surface area contributed by atoms with Crippen molar-refractivity contribution < 1.29 is 14.3 Å². The summed E-state index contributed by atoms with van der Waals surface area (Å²) >= 11 is 0. The first-order chi connectivity index (χ1) is 8.60. The van der Waals surface area contributed by atoms with Gasteiger partial charge < -0.3 is 15.8 Å². The van der Waals surface area contributed by atoms with Crippen LogP contribution in [0.2, 0.25) is 0 Å². The van der Waals surface area contributed by atoms with Crippen LogP contribution in [0.4, 0.5) is 5.69 Å². The van der Waals surface area contributed by atoms with E-state index in [-0.39, 0.29) is 12.5 Å². The molecule has 0 saturated heterocycles. The van der Waals surface area contributed by atoms with Crippen molar-refractivity contribution in [2.45, 2.75) is 26.3 Å². The maximum absolute atomic E-state index is 11.7. The Hall–Kier alpha value is -1.88. The number of carbonyl (C=O) groups excluding carboxylic acids is 2. The molecule has 1 rings (SSSR count). The van der Waals surface area contributed by atoms with Crippen molar-refractivity contribution in [3.05, 3.63) is 29.8 Å². The predicted octanol–water partition coefficient (Wildman–Crippen LogP) is 1.54. The number of ether oxygens (including phenoxy) is 1. The van der Waals surface area contributed by atoms with Crippen LogP contribution in [-0.2, 0) is 9.53 Å². The quantitative estimate of drug-likeness (QED) is 0.777. The Labute approximate surface area is 106 Å². The zero-order valence-electron chi connectivity index (χ0n) is 10.6. The summed E-state index contributed by atoms with van der Waals surface area (Å²) in [5.74, 6) is -0.771. The van der Waals surface area contributed by atoms with Gasteiger partial charge in [-0.25, -0.2) is 4.79 Å². The molecule has 0 bridgehead atoms. The van der Waals surface area contributed by atoms with Gasteiger partial charge in [-0.3, -0.25) is 4.79 Å².